The number of benzene rings is 2. The number of carbonyl (C=O) groups is 2. The zero-order valence-electron chi connectivity index (χ0n) is 15.3. The Labute approximate surface area is 174 Å². The lowest BCUT2D eigenvalue weighted by Gasteiger charge is -2.10. The van der Waals surface area contributed by atoms with Gasteiger partial charge in [-0.25, -0.2) is 4.79 Å². The van der Waals surface area contributed by atoms with Crippen molar-refractivity contribution in [1.29, 1.82) is 0 Å². The Morgan fingerprint density at radius 1 is 1.17 bits per heavy atom. The van der Waals surface area contributed by atoms with Crippen LogP contribution in [-0.4, -0.2) is 31.7 Å². The third kappa shape index (κ3) is 5.55. The Morgan fingerprint density at radius 3 is 2.53 bits per heavy atom. The summed E-state index contributed by atoms with van der Waals surface area (Å²) >= 11 is 5.83. The highest BCUT2D eigenvalue weighted by Gasteiger charge is 2.14. The molecule has 0 saturated carbocycles. The number of aromatic carboxylic acids is 1. The van der Waals surface area contributed by atoms with Crippen LogP contribution in [0.15, 0.2) is 54.7 Å². The molecule has 3 aromatic rings. The Morgan fingerprint density at radius 2 is 1.90 bits per heavy atom. The van der Waals surface area contributed by atoms with Crippen LogP contribution in [0.5, 0.6) is 11.5 Å². The first-order chi connectivity index (χ1) is 14.3. The van der Waals surface area contributed by atoms with Crippen molar-refractivity contribution in [3.05, 3.63) is 75.6 Å². The Bertz CT molecular complexity index is 1100. The fourth-order valence-electron chi connectivity index (χ4n) is 2.50. The van der Waals surface area contributed by atoms with E-state index >= 15 is 0 Å². The van der Waals surface area contributed by atoms with E-state index in [1.54, 1.807) is 24.3 Å². The third-order valence-corrected chi connectivity index (χ3v) is 4.11. The molecule has 0 bridgehead atoms. The molecule has 0 saturated heterocycles. The number of carbonyl (C=O) groups excluding carboxylic acids is 1. The number of halogens is 1. The Kier molecular flexibility index (Phi) is 6.28. The number of carboxylic acids is 1. The number of aromatic nitrogens is 2. The molecule has 2 aromatic carbocycles. The SMILES string of the molecule is O=C(CCn1ccc(C(=O)O)n1)Nc1cc(Oc2ccc(Cl)cc2)cc([N+](=O)[O-])c1. The molecule has 0 aliphatic carbocycles. The number of hydrogen-bond acceptors (Lipinski definition) is 6. The van der Waals surface area contributed by atoms with Gasteiger partial charge in [-0.05, 0) is 30.3 Å². The smallest absolute Gasteiger partial charge is 0.356 e. The predicted molar refractivity (Wildman–Crippen MR) is 107 cm³/mol. The van der Waals surface area contributed by atoms with Crippen molar-refractivity contribution < 1.29 is 24.4 Å². The van der Waals surface area contributed by atoms with E-state index in [0.717, 1.165) is 0 Å². The Hall–Kier alpha value is -3.92. The van der Waals surface area contributed by atoms with E-state index in [4.69, 9.17) is 21.4 Å². The van der Waals surface area contributed by atoms with E-state index in [2.05, 4.69) is 10.4 Å². The molecule has 0 aliphatic heterocycles. The quantitative estimate of drug-likeness (QED) is 0.407. The average Bonchev–Trinajstić information content (AvgIpc) is 3.17. The highest BCUT2D eigenvalue weighted by atomic mass is 35.5. The van der Waals surface area contributed by atoms with Crippen molar-refractivity contribution in [3.8, 4) is 11.5 Å². The van der Waals surface area contributed by atoms with Crippen LogP contribution in [0, 0.1) is 10.1 Å². The summed E-state index contributed by atoms with van der Waals surface area (Å²) < 4.78 is 6.94. The first kappa shape index (κ1) is 20.8. The lowest BCUT2D eigenvalue weighted by atomic mass is 10.2. The highest BCUT2D eigenvalue weighted by molar-refractivity contribution is 6.30. The maximum atomic E-state index is 12.2. The van der Waals surface area contributed by atoms with Gasteiger partial charge < -0.3 is 15.2 Å². The second-order valence-corrected chi connectivity index (χ2v) is 6.53. The van der Waals surface area contributed by atoms with Crippen LogP contribution >= 0.6 is 11.6 Å². The highest BCUT2D eigenvalue weighted by Crippen LogP contribution is 2.30. The van der Waals surface area contributed by atoms with Gasteiger partial charge >= 0.3 is 5.97 Å². The van der Waals surface area contributed by atoms with Gasteiger partial charge in [0.25, 0.3) is 5.69 Å². The molecule has 1 aromatic heterocycles. The summed E-state index contributed by atoms with van der Waals surface area (Å²) in [5.74, 6) is -1.01. The second kappa shape index (κ2) is 9.05. The van der Waals surface area contributed by atoms with Crippen molar-refractivity contribution in [1.82, 2.24) is 9.78 Å². The molecular weight excluding hydrogens is 416 g/mol. The summed E-state index contributed by atoms with van der Waals surface area (Å²) in [6.45, 7) is 0.141. The number of nitrogens with one attached hydrogen (secondary N) is 1. The molecular formula is C19H15ClN4O6. The summed E-state index contributed by atoms with van der Waals surface area (Å²) in [6.07, 6.45) is 1.43. The molecule has 3 rings (SSSR count). The molecule has 154 valence electrons. The van der Waals surface area contributed by atoms with Gasteiger partial charge in [0, 0.05) is 36.3 Å². The average molecular weight is 431 g/mol. The molecule has 11 heteroatoms. The van der Waals surface area contributed by atoms with Crippen LogP contribution in [0.2, 0.25) is 5.02 Å². The van der Waals surface area contributed by atoms with E-state index in [1.807, 2.05) is 0 Å². The Balaban J connectivity index is 1.69. The number of nitro benzene ring substituents is 1. The topological polar surface area (TPSA) is 137 Å². The largest absolute Gasteiger partial charge is 0.476 e. The van der Waals surface area contributed by atoms with Gasteiger partial charge in [0.2, 0.25) is 5.91 Å². The van der Waals surface area contributed by atoms with Crippen LogP contribution in [-0.2, 0) is 11.3 Å². The molecule has 1 amide bonds. The lowest BCUT2D eigenvalue weighted by molar-refractivity contribution is -0.384. The number of anilines is 1. The van der Waals surface area contributed by atoms with Crippen LogP contribution in [0.1, 0.15) is 16.9 Å². The zero-order valence-corrected chi connectivity index (χ0v) is 16.1. The number of amides is 1. The van der Waals surface area contributed by atoms with Gasteiger partial charge in [0.15, 0.2) is 5.69 Å². The van der Waals surface area contributed by atoms with E-state index in [9.17, 15) is 19.7 Å². The summed E-state index contributed by atoms with van der Waals surface area (Å²) in [5, 5.41) is 27.0. The number of nitrogens with zero attached hydrogens (tertiary/aromatic N) is 3. The summed E-state index contributed by atoms with van der Waals surface area (Å²) in [4.78, 5) is 33.7. The molecule has 30 heavy (non-hydrogen) atoms. The molecule has 2 N–H and O–H groups in total. The van der Waals surface area contributed by atoms with E-state index in [-0.39, 0.29) is 35.8 Å². The third-order valence-electron chi connectivity index (χ3n) is 3.86. The van der Waals surface area contributed by atoms with Crippen LogP contribution in [0.3, 0.4) is 0 Å². The minimum absolute atomic E-state index is 0.0171. The summed E-state index contributed by atoms with van der Waals surface area (Å²) in [7, 11) is 0. The van der Waals surface area contributed by atoms with E-state index < -0.39 is 16.8 Å². The normalized spacial score (nSPS) is 10.4. The number of hydrogen-bond donors (Lipinski definition) is 2. The van der Waals surface area contributed by atoms with Crippen LogP contribution < -0.4 is 10.1 Å². The number of rotatable bonds is 8. The first-order valence-electron chi connectivity index (χ1n) is 8.59. The summed E-state index contributed by atoms with van der Waals surface area (Å²) in [6, 6.07) is 11.7. The fourth-order valence-corrected chi connectivity index (χ4v) is 2.62. The number of nitro groups is 1. The number of ether oxygens (including phenoxy) is 1. The minimum Gasteiger partial charge on any atom is -0.476 e. The van der Waals surface area contributed by atoms with Crippen molar-refractivity contribution >= 4 is 34.9 Å². The molecule has 0 aliphatic rings. The van der Waals surface area contributed by atoms with Crippen molar-refractivity contribution in [3.63, 3.8) is 0 Å². The number of aryl methyl sites for hydroxylation is 1. The number of carboxylic acid groups (broad SMARTS) is 1. The second-order valence-electron chi connectivity index (χ2n) is 6.10. The van der Waals surface area contributed by atoms with Gasteiger partial charge in [-0.15, -0.1) is 0 Å². The molecule has 0 spiro atoms. The minimum atomic E-state index is -1.16. The number of non-ortho nitro benzene ring substituents is 1. The van der Waals surface area contributed by atoms with Crippen molar-refractivity contribution in [2.45, 2.75) is 13.0 Å². The molecule has 1 heterocycles. The first-order valence-corrected chi connectivity index (χ1v) is 8.97. The van der Waals surface area contributed by atoms with Gasteiger partial charge in [-0.2, -0.15) is 5.10 Å². The maximum absolute atomic E-state index is 12.2. The van der Waals surface area contributed by atoms with Crippen molar-refractivity contribution in [2.75, 3.05) is 5.32 Å². The molecule has 0 fully saturated rings. The standard InChI is InChI=1S/C19H15ClN4O6/c20-12-1-3-15(4-2-12)30-16-10-13(9-14(11-16)24(28)29)21-18(25)6-8-23-7-5-17(22-23)19(26)27/h1-5,7,9-11H,6,8H2,(H,21,25)(H,26,27). The van der Waals surface area contributed by atoms with Crippen LogP contribution in [0.25, 0.3) is 0 Å². The molecule has 10 nitrogen and oxygen atoms in total. The zero-order chi connectivity index (χ0) is 21.7. The predicted octanol–water partition coefficient (Wildman–Crippen LogP) is 3.96. The molecule has 0 radical (unpaired) electrons. The van der Waals surface area contributed by atoms with Crippen molar-refractivity contribution in [2.24, 2.45) is 0 Å². The lowest BCUT2D eigenvalue weighted by Crippen LogP contribution is -2.15. The van der Waals surface area contributed by atoms with Gasteiger partial charge in [-0.3, -0.25) is 19.6 Å². The van der Waals surface area contributed by atoms with E-state index in [0.29, 0.717) is 10.8 Å². The summed E-state index contributed by atoms with van der Waals surface area (Å²) in [5.41, 5.74) is -0.196. The molecule has 0 unspecified atom stereocenters. The molecule has 0 atom stereocenters. The van der Waals surface area contributed by atoms with Gasteiger partial charge in [-0.1, -0.05) is 11.6 Å². The maximum Gasteiger partial charge on any atom is 0.356 e. The van der Waals surface area contributed by atoms with Gasteiger partial charge in [0.05, 0.1) is 16.7 Å². The van der Waals surface area contributed by atoms with E-state index in [1.165, 1.54) is 35.1 Å². The monoisotopic (exact) mass is 430 g/mol. The van der Waals surface area contributed by atoms with Crippen LogP contribution in [0.4, 0.5) is 11.4 Å². The van der Waals surface area contributed by atoms with Gasteiger partial charge in [0.1, 0.15) is 11.5 Å². The fraction of sp³-hybridized carbons (Fsp3) is 0.105.